The van der Waals surface area contributed by atoms with Gasteiger partial charge in [-0.15, -0.1) is 0 Å². The predicted octanol–water partition coefficient (Wildman–Crippen LogP) is 5.26. The summed E-state index contributed by atoms with van der Waals surface area (Å²) in [5, 5.41) is 14.6. The summed E-state index contributed by atoms with van der Waals surface area (Å²) in [7, 11) is 1.90. The van der Waals surface area contributed by atoms with Crippen molar-refractivity contribution in [2.45, 2.75) is 19.8 Å². The molecule has 6 heteroatoms. The second kappa shape index (κ2) is 9.22. The van der Waals surface area contributed by atoms with Crippen molar-refractivity contribution < 1.29 is 19.0 Å². The second-order valence-corrected chi connectivity index (χ2v) is 8.01. The lowest BCUT2D eigenvalue weighted by Crippen LogP contribution is -2.12. The quantitative estimate of drug-likeness (QED) is 0.412. The van der Waals surface area contributed by atoms with Crippen LogP contribution in [0.25, 0.3) is 22.0 Å². The molecule has 32 heavy (non-hydrogen) atoms. The summed E-state index contributed by atoms with van der Waals surface area (Å²) in [4.78, 5) is 11.3. The summed E-state index contributed by atoms with van der Waals surface area (Å²) >= 11 is 0. The van der Waals surface area contributed by atoms with Gasteiger partial charge in [-0.2, -0.15) is 5.10 Å². The van der Waals surface area contributed by atoms with E-state index in [1.54, 1.807) is 19.1 Å². The lowest BCUT2D eigenvalue weighted by molar-refractivity contribution is -0.141. The van der Waals surface area contributed by atoms with Crippen LogP contribution in [0.15, 0.2) is 66.9 Å². The van der Waals surface area contributed by atoms with Gasteiger partial charge < -0.3 is 9.84 Å². The van der Waals surface area contributed by atoms with Crippen LogP contribution < -0.4 is 4.74 Å². The molecule has 4 aromatic rings. The minimum atomic E-state index is -0.825. The molecule has 0 bridgehead atoms. The highest BCUT2D eigenvalue weighted by atomic mass is 19.1. The van der Waals surface area contributed by atoms with Gasteiger partial charge >= 0.3 is 5.97 Å². The van der Waals surface area contributed by atoms with Gasteiger partial charge in [-0.05, 0) is 53.4 Å². The number of rotatable bonds is 8. The lowest BCUT2D eigenvalue weighted by Gasteiger charge is -2.15. The molecule has 3 aromatic carbocycles. The molecule has 0 amide bonds. The van der Waals surface area contributed by atoms with Crippen LogP contribution in [0, 0.1) is 11.7 Å². The van der Waals surface area contributed by atoms with Gasteiger partial charge in [-0.25, -0.2) is 4.39 Å². The van der Waals surface area contributed by atoms with Gasteiger partial charge in [0.05, 0.1) is 24.2 Å². The number of aliphatic carboxylic acids is 1. The van der Waals surface area contributed by atoms with E-state index in [4.69, 9.17) is 4.74 Å². The Morgan fingerprint density at radius 1 is 1.16 bits per heavy atom. The fraction of sp³-hybridized carbons (Fsp3) is 0.231. The van der Waals surface area contributed by atoms with Crippen LogP contribution in [0.4, 0.5) is 4.39 Å². The molecule has 1 N–H and O–H groups in total. The number of halogens is 1. The molecule has 0 fully saturated rings. The highest BCUT2D eigenvalue weighted by Crippen LogP contribution is 2.34. The Balaban J connectivity index is 1.64. The number of carboxylic acids is 1. The molecule has 0 aliphatic rings. The average Bonchev–Trinajstić information content (AvgIpc) is 3.16. The number of nitrogens with zero attached hydrogens (tertiary/aromatic N) is 2. The fourth-order valence-corrected chi connectivity index (χ4v) is 3.80. The van der Waals surface area contributed by atoms with Gasteiger partial charge in [0.25, 0.3) is 0 Å². The second-order valence-electron chi connectivity index (χ2n) is 8.01. The standard InChI is InChI=1S/C26H25FN2O3/c1-17(26(30)31)13-18-7-10-25(32-12-11-19-5-3-4-6-23(19)27)22(14-18)20-8-9-24-21(15-20)16-28-29(24)2/h3-10,14-17H,11-13H2,1-2H3,(H,30,31). The molecular weight excluding hydrogens is 407 g/mol. The van der Waals surface area contributed by atoms with E-state index >= 15 is 0 Å². The SMILES string of the molecule is CC(Cc1ccc(OCCc2ccccc2F)c(-c2ccc3c(cnn3C)c2)c1)C(=O)O. The third-order valence-electron chi connectivity index (χ3n) is 5.65. The Morgan fingerprint density at radius 3 is 2.75 bits per heavy atom. The molecule has 1 atom stereocenters. The van der Waals surface area contributed by atoms with Crippen molar-refractivity contribution in [2.24, 2.45) is 13.0 Å². The number of aryl methyl sites for hydroxylation is 1. The zero-order valence-corrected chi connectivity index (χ0v) is 18.1. The summed E-state index contributed by atoms with van der Waals surface area (Å²) in [5.74, 6) is -0.877. The molecule has 0 radical (unpaired) electrons. The number of benzene rings is 3. The topological polar surface area (TPSA) is 64.4 Å². The number of fused-ring (bicyclic) bond motifs is 1. The number of hydrogen-bond donors (Lipinski definition) is 1. The molecule has 1 unspecified atom stereocenters. The van der Waals surface area contributed by atoms with Crippen molar-refractivity contribution in [3.05, 3.63) is 83.8 Å². The monoisotopic (exact) mass is 432 g/mol. The number of ether oxygens (including phenoxy) is 1. The molecule has 1 heterocycles. The van der Waals surface area contributed by atoms with Crippen LogP contribution in [-0.2, 0) is 24.7 Å². The molecule has 0 aliphatic carbocycles. The van der Waals surface area contributed by atoms with Crippen LogP contribution >= 0.6 is 0 Å². The van der Waals surface area contributed by atoms with Crippen molar-refractivity contribution >= 4 is 16.9 Å². The first-order valence-electron chi connectivity index (χ1n) is 10.6. The number of carboxylic acid groups (broad SMARTS) is 1. The highest BCUT2D eigenvalue weighted by Gasteiger charge is 2.15. The Bertz CT molecular complexity index is 1270. The van der Waals surface area contributed by atoms with E-state index in [-0.39, 0.29) is 5.82 Å². The summed E-state index contributed by atoms with van der Waals surface area (Å²) in [6.45, 7) is 2.02. The Labute approximate surface area is 186 Å². The van der Waals surface area contributed by atoms with Crippen molar-refractivity contribution in [3.8, 4) is 16.9 Å². The van der Waals surface area contributed by atoms with Crippen LogP contribution in [-0.4, -0.2) is 27.5 Å². The summed E-state index contributed by atoms with van der Waals surface area (Å²) < 4.78 is 21.8. The Hall–Kier alpha value is -3.67. The number of carbonyl (C=O) groups is 1. The molecule has 0 saturated heterocycles. The zero-order valence-electron chi connectivity index (χ0n) is 18.1. The summed E-state index contributed by atoms with van der Waals surface area (Å²) in [6, 6.07) is 18.5. The third kappa shape index (κ3) is 4.64. The molecule has 1 aromatic heterocycles. The minimum Gasteiger partial charge on any atom is -0.493 e. The van der Waals surface area contributed by atoms with E-state index in [9.17, 15) is 14.3 Å². The van der Waals surface area contributed by atoms with Gasteiger partial charge in [0.15, 0.2) is 0 Å². The Morgan fingerprint density at radius 2 is 1.97 bits per heavy atom. The van der Waals surface area contributed by atoms with Crippen molar-refractivity contribution in [1.82, 2.24) is 9.78 Å². The average molecular weight is 432 g/mol. The highest BCUT2D eigenvalue weighted by molar-refractivity contribution is 5.86. The van der Waals surface area contributed by atoms with Gasteiger partial charge in [0, 0.05) is 24.4 Å². The molecule has 0 saturated carbocycles. The first-order valence-corrected chi connectivity index (χ1v) is 10.6. The van der Waals surface area contributed by atoms with Gasteiger partial charge in [0.2, 0.25) is 0 Å². The van der Waals surface area contributed by atoms with Crippen LogP contribution in [0.1, 0.15) is 18.1 Å². The maximum atomic E-state index is 13.9. The van der Waals surface area contributed by atoms with Gasteiger partial charge in [-0.1, -0.05) is 37.3 Å². The largest absolute Gasteiger partial charge is 0.493 e. The smallest absolute Gasteiger partial charge is 0.306 e. The summed E-state index contributed by atoms with van der Waals surface area (Å²) in [6.07, 6.45) is 2.69. The first-order chi connectivity index (χ1) is 15.4. The maximum absolute atomic E-state index is 13.9. The van der Waals surface area contributed by atoms with E-state index in [0.717, 1.165) is 27.6 Å². The zero-order chi connectivity index (χ0) is 22.7. The number of hydrogen-bond acceptors (Lipinski definition) is 3. The van der Waals surface area contributed by atoms with Crippen LogP contribution in [0.5, 0.6) is 5.75 Å². The molecule has 5 nitrogen and oxygen atoms in total. The van der Waals surface area contributed by atoms with E-state index in [2.05, 4.69) is 5.10 Å². The minimum absolute atomic E-state index is 0.239. The van der Waals surface area contributed by atoms with Crippen molar-refractivity contribution in [3.63, 3.8) is 0 Å². The van der Waals surface area contributed by atoms with E-state index < -0.39 is 11.9 Å². The van der Waals surface area contributed by atoms with E-state index in [1.807, 2.05) is 60.4 Å². The Kier molecular flexibility index (Phi) is 6.21. The molecule has 4 rings (SSSR count). The van der Waals surface area contributed by atoms with Crippen LogP contribution in [0.3, 0.4) is 0 Å². The first kappa shape index (κ1) is 21.6. The van der Waals surface area contributed by atoms with E-state index in [1.165, 1.54) is 6.07 Å². The fourth-order valence-electron chi connectivity index (χ4n) is 3.80. The molecule has 164 valence electrons. The van der Waals surface area contributed by atoms with Gasteiger partial charge in [0.1, 0.15) is 11.6 Å². The molecule has 0 aliphatic heterocycles. The molecular formula is C26H25FN2O3. The lowest BCUT2D eigenvalue weighted by atomic mass is 9.96. The van der Waals surface area contributed by atoms with Crippen molar-refractivity contribution in [1.29, 1.82) is 0 Å². The number of aromatic nitrogens is 2. The van der Waals surface area contributed by atoms with E-state index in [0.29, 0.717) is 30.8 Å². The maximum Gasteiger partial charge on any atom is 0.306 e. The van der Waals surface area contributed by atoms with Gasteiger partial charge in [-0.3, -0.25) is 9.48 Å². The van der Waals surface area contributed by atoms with Crippen LogP contribution in [0.2, 0.25) is 0 Å². The third-order valence-corrected chi connectivity index (χ3v) is 5.65. The normalized spacial score (nSPS) is 12.1. The summed E-state index contributed by atoms with van der Waals surface area (Å²) in [5.41, 5.74) is 4.38. The van der Waals surface area contributed by atoms with Crippen molar-refractivity contribution in [2.75, 3.05) is 6.61 Å². The predicted molar refractivity (Wildman–Crippen MR) is 122 cm³/mol. The molecule has 0 spiro atoms.